The first-order valence-corrected chi connectivity index (χ1v) is 8.45. The van der Waals surface area contributed by atoms with Crippen LogP contribution in [0.15, 0.2) is 48.5 Å². The lowest BCUT2D eigenvalue weighted by atomic mass is 10.1. The molecule has 25 heavy (non-hydrogen) atoms. The third kappa shape index (κ3) is 4.17. The molecule has 0 aromatic heterocycles. The van der Waals surface area contributed by atoms with Gasteiger partial charge in [-0.25, -0.2) is 0 Å². The molecule has 1 N–H and O–H groups in total. The van der Waals surface area contributed by atoms with Gasteiger partial charge in [-0.05, 0) is 42.5 Å². The average Bonchev–Trinajstić information content (AvgIpc) is 2.68. The molecule has 0 bridgehead atoms. The number of amides is 1. The Kier molecular flexibility index (Phi) is 5.32. The van der Waals surface area contributed by atoms with Gasteiger partial charge in [0.2, 0.25) is 0 Å². The number of hydrogen-bond donors (Lipinski definition) is 1. The number of hydrogen-bond acceptors (Lipinski definition) is 3. The Balaban J connectivity index is 1.55. The lowest BCUT2D eigenvalue weighted by Crippen LogP contribution is -3.13. The summed E-state index contributed by atoms with van der Waals surface area (Å²) in [6.45, 7) is 4.28. The van der Waals surface area contributed by atoms with E-state index in [2.05, 4.69) is 18.2 Å². The van der Waals surface area contributed by atoms with Gasteiger partial charge in [-0.3, -0.25) is 4.79 Å². The molecule has 0 unspecified atom stereocenters. The second-order valence-electron chi connectivity index (χ2n) is 6.26. The smallest absolute Gasteiger partial charge is 0.254 e. The van der Waals surface area contributed by atoms with Gasteiger partial charge in [0.15, 0.2) is 0 Å². The van der Waals surface area contributed by atoms with Gasteiger partial charge >= 0.3 is 0 Å². The molecule has 0 radical (unpaired) electrons. The fourth-order valence-electron chi connectivity index (χ4n) is 3.14. The van der Waals surface area contributed by atoms with Gasteiger partial charge in [-0.1, -0.05) is 6.07 Å². The first-order valence-electron chi connectivity index (χ1n) is 8.45. The summed E-state index contributed by atoms with van der Waals surface area (Å²) in [5, 5.41) is 8.98. The molecule has 0 aliphatic carbocycles. The Bertz CT molecular complexity index is 772. The lowest BCUT2D eigenvalue weighted by Gasteiger charge is -2.32. The summed E-state index contributed by atoms with van der Waals surface area (Å²) in [6, 6.07) is 17.2. The third-order valence-electron chi connectivity index (χ3n) is 4.61. The summed E-state index contributed by atoms with van der Waals surface area (Å²) in [7, 11) is 1.67. The van der Waals surface area contributed by atoms with Crippen molar-refractivity contribution in [3.8, 4) is 11.8 Å². The van der Waals surface area contributed by atoms with Crippen molar-refractivity contribution in [3.05, 3.63) is 65.2 Å². The SMILES string of the molecule is COc1ccc(C[NH+]2CCN(C(=O)c3cccc(C#N)c3)CC2)cc1. The fourth-order valence-corrected chi connectivity index (χ4v) is 3.14. The van der Waals surface area contributed by atoms with Gasteiger partial charge in [-0.2, -0.15) is 5.26 Å². The molecule has 2 aromatic rings. The van der Waals surface area contributed by atoms with E-state index in [9.17, 15) is 4.79 Å². The number of carbonyl (C=O) groups is 1. The van der Waals surface area contributed by atoms with Crippen LogP contribution in [0.5, 0.6) is 5.75 Å². The standard InChI is InChI=1S/C20H21N3O2/c1-25-19-7-5-16(6-8-19)15-22-9-11-23(12-10-22)20(24)18-4-2-3-17(13-18)14-21/h2-8,13H,9-12,15H2,1H3/p+1. The van der Waals surface area contributed by atoms with Crippen molar-refractivity contribution in [3.63, 3.8) is 0 Å². The van der Waals surface area contributed by atoms with Crippen molar-refractivity contribution in [2.24, 2.45) is 0 Å². The van der Waals surface area contributed by atoms with Gasteiger partial charge in [0.1, 0.15) is 12.3 Å². The van der Waals surface area contributed by atoms with Crippen molar-refractivity contribution >= 4 is 5.91 Å². The van der Waals surface area contributed by atoms with Gasteiger partial charge in [0.05, 0.1) is 44.9 Å². The maximum absolute atomic E-state index is 12.6. The van der Waals surface area contributed by atoms with E-state index >= 15 is 0 Å². The summed E-state index contributed by atoms with van der Waals surface area (Å²) in [5.41, 5.74) is 2.39. The predicted molar refractivity (Wildman–Crippen MR) is 94.5 cm³/mol. The number of quaternary nitrogens is 1. The molecule has 5 heteroatoms. The molecule has 1 amide bonds. The second-order valence-corrected chi connectivity index (χ2v) is 6.26. The summed E-state index contributed by atoms with van der Waals surface area (Å²) >= 11 is 0. The first-order chi connectivity index (χ1) is 12.2. The second kappa shape index (κ2) is 7.82. The van der Waals surface area contributed by atoms with Crippen molar-refractivity contribution < 1.29 is 14.4 Å². The average molecular weight is 336 g/mol. The Hall–Kier alpha value is -2.84. The van der Waals surface area contributed by atoms with Gasteiger partial charge in [0, 0.05) is 11.1 Å². The maximum atomic E-state index is 12.6. The fraction of sp³-hybridized carbons (Fsp3) is 0.300. The minimum absolute atomic E-state index is 0.0144. The number of rotatable bonds is 4. The molecule has 1 saturated heterocycles. The minimum Gasteiger partial charge on any atom is -0.497 e. The van der Waals surface area contributed by atoms with Crippen LogP contribution in [-0.4, -0.2) is 44.1 Å². The molecule has 0 saturated carbocycles. The summed E-state index contributed by atoms with van der Waals surface area (Å²) in [6.07, 6.45) is 0. The highest BCUT2D eigenvalue weighted by Crippen LogP contribution is 2.11. The van der Waals surface area contributed by atoms with E-state index in [1.54, 1.807) is 31.4 Å². The van der Waals surface area contributed by atoms with E-state index in [4.69, 9.17) is 10.00 Å². The Labute approximate surface area is 148 Å². The number of nitriles is 1. The monoisotopic (exact) mass is 336 g/mol. The molecular weight excluding hydrogens is 314 g/mol. The number of ether oxygens (including phenoxy) is 1. The van der Waals surface area contributed by atoms with Crippen LogP contribution in [0, 0.1) is 11.3 Å². The van der Waals surface area contributed by atoms with Crippen LogP contribution in [0.4, 0.5) is 0 Å². The highest BCUT2D eigenvalue weighted by Gasteiger charge is 2.24. The molecule has 1 heterocycles. The van der Waals surface area contributed by atoms with E-state index in [1.165, 1.54) is 10.5 Å². The van der Waals surface area contributed by atoms with Gasteiger partial charge in [0.25, 0.3) is 5.91 Å². The third-order valence-corrected chi connectivity index (χ3v) is 4.61. The minimum atomic E-state index is 0.0144. The topological polar surface area (TPSA) is 57.8 Å². The lowest BCUT2D eigenvalue weighted by molar-refractivity contribution is -0.917. The largest absolute Gasteiger partial charge is 0.497 e. The summed E-state index contributed by atoms with van der Waals surface area (Å²) < 4.78 is 5.19. The van der Waals surface area contributed by atoms with Crippen LogP contribution >= 0.6 is 0 Å². The number of piperazine rings is 1. The number of benzene rings is 2. The van der Waals surface area contributed by atoms with Crippen molar-refractivity contribution in [2.45, 2.75) is 6.54 Å². The van der Waals surface area contributed by atoms with Crippen molar-refractivity contribution in [2.75, 3.05) is 33.3 Å². The molecular formula is C20H22N3O2+. The van der Waals surface area contributed by atoms with Crippen LogP contribution in [0.25, 0.3) is 0 Å². The van der Waals surface area contributed by atoms with E-state index in [0.717, 1.165) is 38.5 Å². The summed E-state index contributed by atoms with van der Waals surface area (Å²) in [5.74, 6) is 0.884. The number of nitrogens with one attached hydrogen (secondary N) is 1. The van der Waals surface area contributed by atoms with Gasteiger partial charge < -0.3 is 14.5 Å². The first kappa shape index (κ1) is 17.0. The highest BCUT2D eigenvalue weighted by molar-refractivity contribution is 5.94. The number of methoxy groups -OCH3 is 1. The van der Waals surface area contributed by atoms with E-state index in [1.807, 2.05) is 17.0 Å². The Morgan fingerprint density at radius 2 is 1.92 bits per heavy atom. The molecule has 128 valence electrons. The van der Waals surface area contributed by atoms with Crippen LogP contribution in [0.3, 0.4) is 0 Å². The zero-order chi connectivity index (χ0) is 17.6. The predicted octanol–water partition coefficient (Wildman–Crippen LogP) is 1.11. The van der Waals surface area contributed by atoms with E-state index in [0.29, 0.717) is 11.1 Å². The highest BCUT2D eigenvalue weighted by atomic mass is 16.5. The molecule has 1 fully saturated rings. The van der Waals surface area contributed by atoms with Crippen molar-refractivity contribution in [1.82, 2.24) is 4.90 Å². The molecule has 0 atom stereocenters. The Morgan fingerprint density at radius 1 is 1.20 bits per heavy atom. The molecule has 1 aliphatic rings. The molecule has 2 aromatic carbocycles. The molecule has 3 rings (SSSR count). The molecule has 5 nitrogen and oxygen atoms in total. The zero-order valence-corrected chi connectivity index (χ0v) is 14.4. The quantitative estimate of drug-likeness (QED) is 0.910. The normalized spacial score (nSPS) is 14.8. The van der Waals surface area contributed by atoms with Gasteiger partial charge in [-0.15, -0.1) is 0 Å². The van der Waals surface area contributed by atoms with Crippen LogP contribution in [0.1, 0.15) is 21.5 Å². The van der Waals surface area contributed by atoms with E-state index in [-0.39, 0.29) is 5.91 Å². The Morgan fingerprint density at radius 3 is 2.56 bits per heavy atom. The maximum Gasteiger partial charge on any atom is 0.254 e. The molecule has 0 spiro atoms. The number of nitrogens with zero attached hydrogens (tertiary/aromatic N) is 2. The molecule has 1 aliphatic heterocycles. The van der Waals surface area contributed by atoms with Crippen LogP contribution < -0.4 is 9.64 Å². The van der Waals surface area contributed by atoms with Crippen molar-refractivity contribution in [1.29, 1.82) is 5.26 Å². The van der Waals surface area contributed by atoms with Crippen LogP contribution in [-0.2, 0) is 6.54 Å². The van der Waals surface area contributed by atoms with Crippen LogP contribution in [0.2, 0.25) is 0 Å². The zero-order valence-electron chi connectivity index (χ0n) is 14.4. The van der Waals surface area contributed by atoms with E-state index < -0.39 is 0 Å². The summed E-state index contributed by atoms with van der Waals surface area (Å²) in [4.78, 5) is 16.0. The number of carbonyl (C=O) groups excluding carboxylic acids is 1.